The smallest absolute Gasteiger partial charge is 0.475 e. The van der Waals surface area contributed by atoms with Crippen LogP contribution in [-0.2, 0) is 19.1 Å². The molecule has 3 saturated heterocycles. The Labute approximate surface area is 162 Å². The van der Waals surface area contributed by atoms with E-state index in [0.717, 1.165) is 64.9 Å². The minimum absolute atomic E-state index is 0.128. The fourth-order valence-corrected chi connectivity index (χ4v) is 4.00. The van der Waals surface area contributed by atoms with E-state index in [1.807, 2.05) is 4.90 Å². The Kier molecular flexibility index (Phi) is 8.08. The molecule has 1 atom stereocenters. The Hall–Kier alpha value is -1.39. The van der Waals surface area contributed by atoms with Crippen LogP contribution in [0.2, 0.25) is 0 Å². The quantitative estimate of drug-likeness (QED) is 0.696. The van der Waals surface area contributed by atoms with Gasteiger partial charge in [0.2, 0.25) is 5.91 Å². The summed E-state index contributed by atoms with van der Waals surface area (Å²) in [4.78, 5) is 25.0. The molecule has 3 rings (SSSR count). The van der Waals surface area contributed by atoms with Crippen LogP contribution in [0.3, 0.4) is 0 Å². The number of carboxylic acids is 1. The van der Waals surface area contributed by atoms with Gasteiger partial charge in [0, 0.05) is 39.4 Å². The zero-order valence-corrected chi connectivity index (χ0v) is 16.2. The number of alkyl halides is 3. The summed E-state index contributed by atoms with van der Waals surface area (Å²) in [6.07, 6.45) is 0.548. The lowest BCUT2D eigenvalue weighted by Gasteiger charge is -2.52. The lowest BCUT2D eigenvalue weighted by molar-refractivity contribution is -0.192. The third-order valence-corrected chi connectivity index (χ3v) is 5.31. The predicted octanol–water partition coefficient (Wildman–Crippen LogP) is 1.76. The summed E-state index contributed by atoms with van der Waals surface area (Å²) in [6, 6.07) is 0. The van der Waals surface area contributed by atoms with Gasteiger partial charge in [0.25, 0.3) is 0 Å². The van der Waals surface area contributed by atoms with E-state index in [1.54, 1.807) is 0 Å². The van der Waals surface area contributed by atoms with Gasteiger partial charge >= 0.3 is 12.1 Å². The maximum Gasteiger partial charge on any atom is 0.490 e. The topological polar surface area (TPSA) is 79.3 Å². The highest BCUT2D eigenvalue weighted by atomic mass is 19.4. The number of rotatable bonds is 5. The number of carbonyl (C=O) groups excluding carboxylic acids is 1. The fourth-order valence-electron chi connectivity index (χ4n) is 4.00. The first kappa shape index (κ1) is 22.9. The molecular weight excluding hydrogens is 381 g/mol. The van der Waals surface area contributed by atoms with Gasteiger partial charge < -0.3 is 24.4 Å². The molecule has 7 nitrogen and oxygen atoms in total. The van der Waals surface area contributed by atoms with E-state index in [0.29, 0.717) is 12.5 Å². The van der Waals surface area contributed by atoms with E-state index >= 15 is 0 Å². The Morgan fingerprint density at radius 1 is 1.25 bits per heavy atom. The molecule has 0 aromatic rings. The first-order valence-electron chi connectivity index (χ1n) is 9.59. The highest BCUT2D eigenvalue weighted by molar-refractivity contribution is 5.77. The normalized spacial score (nSPS) is 24.4. The molecule has 3 aliphatic heterocycles. The van der Waals surface area contributed by atoms with Crippen molar-refractivity contribution in [3.8, 4) is 0 Å². The number of nitrogens with zero attached hydrogens (tertiary/aromatic N) is 2. The van der Waals surface area contributed by atoms with Gasteiger partial charge in [0.1, 0.15) is 6.61 Å². The number of likely N-dealkylation sites (tertiary alicyclic amines) is 2. The van der Waals surface area contributed by atoms with Gasteiger partial charge in [-0.05, 0) is 45.1 Å². The number of carboxylic acid groups (broad SMARTS) is 1. The zero-order chi connectivity index (χ0) is 20.8. The molecule has 3 fully saturated rings. The molecule has 10 heteroatoms. The molecule has 0 saturated carbocycles. The average Bonchev–Trinajstić information content (AvgIpc) is 3.12. The third kappa shape index (κ3) is 6.89. The second-order valence-corrected chi connectivity index (χ2v) is 7.79. The molecule has 3 heterocycles. The van der Waals surface area contributed by atoms with Crippen molar-refractivity contribution in [3.63, 3.8) is 0 Å². The SMILES string of the molecule is CN1CC2(CC(CCOCC(=O)N3CCCC3)CCO2)C1.O=C(O)C(F)(F)F. The number of carbonyl (C=O) groups is 2. The van der Waals surface area contributed by atoms with E-state index in [1.165, 1.54) is 0 Å². The Morgan fingerprint density at radius 2 is 1.86 bits per heavy atom. The standard InChI is InChI=1S/C16H28N2O3.C2HF3O2/c1-17-12-16(13-17)10-14(5-9-21-16)4-8-20-11-15(19)18-6-2-3-7-18;3-2(4,5)1(6)7/h14H,2-13H2,1H3;(H,6,7). The highest BCUT2D eigenvalue weighted by Crippen LogP contribution is 2.37. The fraction of sp³-hybridized carbons (Fsp3) is 0.889. The minimum Gasteiger partial charge on any atom is -0.475 e. The van der Waals surface area contributed by atoms with Crippen LogP contribution in [0.1, 0.15) is 32.1 Å². The summed E-state index contributed by atoms with van der Waals surface area (Å²) in [7, 11) is 2.14. The van der Waals surface area contributed by atoms with Gasteiger partial charge in [-0.15, -0.1) is 0 Å². The van der Waals surface area contributed by atoms with Gasteiger partial charge in [-0.3, -0.25) is 4.79 Å². The predicted molar refractivity (Wildman–Crippen MR) is 93.8 cm³/mol. The van der Waals surface area contributed by atoms with Crippen LogP contribution in [0, 0.1) is 5.92 Å². The molecule has 3 aliphatic rings. The summed E-state index contributed by atoms with van der Waals surface area (Å²) in [5.74, 6) is -1.90. The van der Waals surface area contributed by atoms with Crippen molar-refractivity contribution in [2.75, 3.05) is 53.0 Å². The average molecular weight is 410 g/mol. The first-order chi connectivity index (χ1) is 13.1. The monoisotopic (exact) mass is 410 g/mol. The molecule has 1 spiro atoms. The molecule has 0 bridgehead atoms. The highest BCUT2D eigenvalue weighted by Gasteiger charge is 2.45. The van der Waals surface area contributed by atoms with Gasteiger partial charge in [0.05, 0.1) is 5.60 Å². The minimum atomic E-state index is -5.08. The maximum atomic E-state index is 11.9. The van der Waals surface area contributed by atoms with Crippen molar-refractivity contribution in [3.05, 3.63) is 0 Å². The number of halogens is 3. The van der Waals surface area contributed by atoms with Crippen LogP contribution >= 0.6 is 0 Å². The number of aliphatic carboxylic acids is 1. The van der Waals surface area contributed by atoms with E-state index in [4.69, 9.17) is 19.4 Å². The molecular formula is C18H29F3N2O5. The molecule has 1 N–H and O–H groups in total. The molecule has 0 aliphatic carbocycles. The molecule has 0 aromatic heterocycles. The lowest BCUT2D eigenvalue weighted by Crippen LogP contribution is -2.63. The van der Waals surface area contributed by atoms with Crippen LogP contribution in [0.5, 0.6) is 0 Å². The zero-order valence-electron chi connectivity index (χ0n) is 16.2. The van der Waals surface area contributed by atoms with Gasteiger partial charge in [-0.25, -0.2) is 4.79 Å². The van der Waals surface area contributed by atoms with Crippen LogP contribution < -0.4 is 0 Å². The number of hydrogen-bond acceptors (Lipinski definition) is 5. The van der Waals surface area contributed by atoms with Crippen LogP contribution in [-0.4, -0.2) is 91.6 Å². The molecule has 162 valence electrons. The molecule has 1 unspecified atom stereocenters. The third-order valence-electron chi connectivity index (χ3n) is 5.31. The van der Waals surface area contributed by atoms with E-state index in [2.05, 4.69) is 11.9 Å². The van der Waals surface area contributed by atoms with Crippen molar-refractivity contribution in [1.29, 1.82) is 0 Å². The Bertz CT molecular complexity index is 526. The Balaban J connectivity index is 0.000000345. The number of amides is 1. The van der Waals surface area contributed by atoms with Crippen LogP contribution in [0.4, 0.5) is 13.2 Å². The summed E-state index contributed by atoms with van der Waals surface area (Å²) in [5.41, 5.74) is 0.128. The summed E-state index contributed by atoms with van der Waals surface area (Å²) in [6.45, 7) is 5.81. The lowest BCUT2D eigenvalue weighted by atomic mass is 9.79. The number of ether oxygens (including phenoxy) is 2. The molecule has 0 radical (unpaired) electrons. The van der Waals surface area contributed by atoms with Gasteiger partial charge in [0.15, 0.2) is 0 Å². The van der Waals surface area contributed by atoms with Crippen LogP contribution in [0.25, 0.3) is 0 Å². The summed E-state index contributed by atoms with van der Waals surface area (Å²) in [5, 5.41) is 7.12. The Morgan fingerprint density at radius 3 is 2.39 bits per heavy atom. The van der Waals surface area contributed by atoms with Gasteiger partial charge in [-0.2, -0.15) is 13.2 Å². The van der Waals surface area contributed by atoms with E-state index in [9.17, 15) is 18.0 Å². The van der Waals surface area contributed by atoms with Crippen molar-refractivity contribution >= 4 is 11.9 Å². The summed E-state index contributed by atoms with van der Waals surface area (Å²) >= 11 is 0. The summed E-state index contributed by atoms with van der Waals surface area (Å²) < 4.78 is 43.3. The largest absolute Gasteiger partial charge is 0.490 e. The number of hydrogen-bond donors (Lipinski definition) is 1. The molecule has 28 heavy (non-hydrogen) atoms. The van der Waals surface area contributed by atoms with Crippen molar-refractivity contribution < 1.29 is 37.3 Å². The second kappa shape index (κ2) is 9.89. The van der Waals surface area contributed by atoms with E-state index in [-0.39, 0.29) is 18.1 Å². The first-order valence-corrected chi connectivity index (χ1v) is 9.59. The van der Waals surface area contributed by atoms with Crippen molar-refractivity contribution in [2.45, 2.75) is 43.9 Å². The second-order valence-electron chi connectivity index (χ2n) is 7.79. The van der Waals surface area contributed by atoms with Crippen molar-refractivity contribution in [2.24, 2.45) is 5.92 Å². The van der Waals surface area contributed by atoms with E-state index < -0.39 is 12.1 Å². The molecule has 1 amide bonds. The van der Waals surface area contributed by atoms with Crippen molar-refractivity contribution in [1.82, 2.24) is 9.80 Å². The van der Waals surface area contributed by atoms with Crippen LogP contribution in [0.15, 0.2) is 0 Å². The van der Waals surface area contributed by atoms with Gasteiger partial charge in [-0.1, -0.05) is 0 Å². The molecule has 0 aromatic carbocycles. The number of likely N-dealkylation sites (N-methyl/N-ethyl adjacent to an activating group) is 1. The maximum absolute atomic E-state index is 11.9.